The molecule has 8 heterocycles. The van der Waals surface area contributed by atoms with E-state index in [1.54, 1.807) is 10.4 Å². The smallest absolute Gasteiger partial charge is 0.318 e. The quantitative estimate of drug-likeness (QED) is 0.111. The first-order valence-electron chi connectivity index (χ1n) is 30.2. The van der Waals surface area contributed by atoms with Crippen LogP contribution in [0.5, 0.6) is 12.0 Å². The van der Waals surface area contributed by atoms with Crippen LogP contribution in [0.1, 0.15) is 140 Å². The molecule has 80 heavy (non-hydrogen) atoms. The van der Waals surface area contributed by atoms with Gasteiger partial charge in [0.25, 0.3) is 0 Å². The van der Waals surface area contributed by atoms with Crippen molar-refractivity contribution in [3.05, 3.63) is 91.1 Å². The van der Waals surface area contributed by atoms with Gasteiger partial charge in [0.1, 0.15) is 24.8 Å². The zero-order valence-electron chi connectivity index (χ0n) is 48.1. The van der Waals surface area contributed by atoms with Crippen molar-refractivity contribution >= 4 is 46.1 Å². The zero-order valence-corrected chi connectivity index (χ0v) is 49.7. The van der Waals surface area contributed by atoms with Crippen molar-refractivity contribution in [1.82, 2.24) is 39.5 Å². The maximum Gasteiger partial charge on any atom is 0.318 e. The van der Waals surface area contributed by atoms with E-state index in [1.165, 1.54) is 45.7 Å². The SMILES string of the molecule is C=CC(=O)N1CCN(c2nc(OCC3CC(c4csc5c4CCC4(CCc6c(nc(OCC7CCCN7C)nc6N6CCN(C(=O)C=C)C(CCC)C6C)C4)C5)CN3C)nc3c2CCC2(CCc4sccc4C2)C3)C(C)C1CC#N. The number of piperazine rings is 2. The number of carbonyl (C=O) groups excluding carboxylic acids is 2. The number of aryl methyl sites for hydroxylation is 1. The number of carbonyl (C=O) groups is 2. The molecule has 4 saturated heterocycles. The summed E-state index contributed by atoms with van der Waals surface area (Å²) in [4.78, 5) is 64.0. The second-order valence-corrected chi connectivity index (χ2v) is 27.2. The number of amides is 2. The van der Waals surface area contributed by atoms with Crippen LogP contribution in [0.2, 0.25) is 0 Å². The number of fused-ring (bicyclic) bond motifs is 4. The van der Waals surface area contributed by atoms with E-state index >= 15 is 0 Å². The van der Waals surface area contributed by atoms with Crippen LogP contribution in [0, 0.1) is 22.2 Å². The van der Waals surface area contributed by atoms with E-state index in [1.807, 2.05) is 32.5 Å². The third kappa shape index (κ3) is 10.4. The molecule has 0 N–H and O–H groups in total. The van der Waals surface area contributed by atoms with Gasteiger partial charge in [0.05, 0.1) is 36.0 Å². The Bertz CT molecular complexity index is 3040. The van der Waals surface area contributed by atoms with Crippen LogP contribution in [0.4, 0.5) is 11.6 Å². The number of thiophene rings is 2. The van der Waals surface area contributed by atoms with Crippen molar-refractivity contribution in [2.24, 2.45) is 10.8 Å². The molecule has 0 bridgehead atoms. The Morgan fingerprint density at radius 1 is 0.738 bits per heavy atom. The minimum absolute atomic E-state index is 0.0127. The normalized spacial score (nSPS) is 29.5. The molecule has 4 aliphatic carbocycles. The van der Waals surface area contributed by atoms with Gasteiger partial charge in [-0.1, -0.05) is 26.5 Å². The average Bonchev–Trinajstić information content (AvgIpc) is 4.31. The number of nitrogens with zero attached hydrogens (tertiary/aromatic N) is 11. The van der Waals surface area contributed by atoms with Gasteiger partial charge in [-0.05, 0) is 200 Å². The molecule has 2 amide bonds. The third-order valence-corrected chi connectivity index (χ3v) is 22.8. The van der Waals surface area contributed by atoms with E-state index in [4.69, 9.17) is 29.4 Å². The van der Waals surface area contributed by atoms with Crippen molar-refractivity contribution < 1.29 is 19.1 Å². The van der Waals surface area contributed by atoms with Gasteiger partial charge < -0.3 is 34.0 Å². The van der Waals surface area contributed by atoms with E-state index < -0.39 is 0 Å². The fourth-order valence-electron chi connectivity index (χ4n) is 16.0. The molecule has 8 aliphatic rings. The zero-order chi connectivity index (χ0) is 55.5. The van der Waals surface area contributed by atoms with Crippen molar-refractivity contribution in [1.29, 1.82) is 5.26 Å². The van der Waals surface area contributed by atoms with Gasteiger partial charge in [0.15, 0.2) is 0 Å². The summed E-state index contributed by atoms with van der Waals surface area (Å²) in [6, 6.07) is 5.98. The molecule has 12 rings (SSSR count). The lowest BCUT2D eigenvalue weighted by Gasteiger charge is -2.48. The first-order valence-corrected chi connectivity index (χ1v) is 31.9. The third-order valence-electron chi connectivity index (χ3n) is 20.8. The van der Waals surface area contributed by atoms with Gasteiger partial charge in [0, 0.05) is 77.8 Å². The minimum atomic E-state index is -0.279. The fraction of sp³-hybridized carbons (Fsp3) is 0.635. The summed E-state index contributed by atoms with van der Waals surface area (Å²) in [7, 11) is 4.44. The number of hydrogen-bond acceptors (Lipinski definition) is 15. The van der Waals surface area contributed by atoms with Gasteiger partial charge in [-0.2, -0.15) is 25.2 Å². The number of aromatic nitrogens is 4. The predicted octanol–water partition coefficient (Wildman–Crippen LogP) is 8.95. The van der Waals surface area contributed by atoms with Gasteiger partial charge in [-0.15, -0.1) is 22.7 Å². The van der Waals surface area contributed by atoms with Crippen LogP contribution >= 0.6 is 22.7 Å². The molecule has 4 aliphatic heterocycles. The Hall–Kier alpha value is -5.41. The topological polar surface area (TPSA) is 147 Å². The molecular weight excluding hydrogens is 1040 g/mol. The number of likely N-dealkylation sites (tertiary alicyclic amines) is 2. The molecule has 9 atom stereocenters. The number of rotatable bonds is 14. The highest BCUT2D eigenvalue weighted by Crippen LogP contribution is 2.52. The highest BCUT2D eigenvalue weighted by atomic mass is 32.1. The lowest BCUT2D eigenvalue weighted by molar-refractivity contribution is -0.130. The molecule has 426 valence electrons. The first kappa shape index (κ1) is 55.1. The Labute approximate surface area is 482 Å². The molecule has 4 fully saturated rings. The van der Waals surface area contributed by atoms with Crippen LogP contribution < -0.4 is 19.3 Å². The predicted molar refractivity (Wildman–Crippen MR) is 316 cm³/mol. The molecular formula is C63H83N11O4S2. The minimum Gasteiger partial charge on any atom is -0.462 e. The first-order chi connectivity index (χ1) is 38.8. The Morgan fingerprint density at radius 2 is 1.34 bits per heavy atom. The summed E-state index contributed by atoms with van der Waals surface area (Å²) in [5, 5.41) is 14.7. The van der Waals surface area contributed by atoms with Crippen LogP contribution in [0.25, 0.3) is 0 Å². The maximum absolute atomic E-state index is 13.1. The monoisotopic (exact) mass is 1120 g/mol. The van der Waals surface area contributed by atoms with E-state index in [2.05, 4.69) is 90.5 Å². The molecule has 9 unspecified atom stereocenters. The Balaban J connectivity index is 0.760. The second kappa shape index (κ2) is 22.7. The molecule has 17 heteroatoms. The van der Waals surface area contributed by atoms with Gasteiger partial charge >= 0.3 is 12.0 Å². The van der Waals surface area contributed by atoms with Crippen LogP contribution in [-0.4, -0.2) is 154 Å². The largest absolute Gasteiger partial charge is 0.462 e. The molecule has 4 aromatic heterocycles. The Morgan fingerprint density at radius 3 is 1.95 bits per heavy atom. The number of likely N-dealkylation sites (N-methyl/N-ethyl adjacent to an activating group) is 2. The number of nitriles is 1. The van der Waals surface area contributed by atoms with Crippen molar-refractivity contribution in [2.45, 2.75) is 179 Å². The lowest BCUT2D eigenvalue weighted by atomic mass is 9.64. The molecule has 15 nitrogen and oxygen atoms in total. The van der Waals surface area contributed by atoms with Gasteiger partial charge in [0.2, 0.25) is 11.8 Å². The molecule has 2 spiro atoms. The number of hydrogen-bond donors (Lipinski definition) is 0. The average molecular weight is 1120 g/mol. The number of anilines is 2. The molecule has 0 saturated carbocycles. The van der Waals surface area contributed by atoms with Crippen LogP contribution in [-0.2, 0) is 61.0 Å². The maximum atomic E-state index is 13.1. The number of ether oxygens (including phenoxy) is 2. The summed E-state index contributed by atoms with van der Waals surface area (Å²) in [5.41, 5.74) is 9.64. The Kier molecular flexibility index (Phi) is 15.7. The second-order valence-electron chi connectivity index (χ2n) is 25.2. The van der Waals surface area contributed by atoms with Gasteiger partial charge in [-0.25, -0.2) is 0 Å². The van der Waals surface area contributed by atoms with E-state index in [0.717, 1.165) is 145 Å². The van der Waals surface area contributed by atoms with Crippen molar-refractivity contribution in [3.8, 4) is 18.1 Å². The fourth-order valence-corrected chi connectivity index (χ4v) is 18.3. The van der Waals surface area contributed by atoms with Crippen LogP contribution in [0.15, 0.2) is 42.1 Å². The summed E-state index contributed by atoms with van der Waals surface area (Å²) in [6.07, 6.45) is 20.9. The lowest BCUT2D eigenvalue weighted by Crippen LogP contribution is -2.60. The summed E-state index contributed by atoms with van der Waals surface area (Å²) < 4.78 is 13.4. The summed E-state index contributed by atoms with van der Waals surface area (Å²) >= 11 is 3.87. The van der Waals surface area contributed by atoms with E-state index in [9.17, 15) is 14.9 Å². The molecule has 4 aromatic rings. The van der Waals surface area contributed by atoms with Crippen LogP contribution in [0.3, 0.4) is 0 Å². The van der Waals surface area contributed by atoms with Crippen molar-refractivity contribution in [3.63, 3.8) is 0 Å². The highest BCUT2D eigenvalue weighted by molar-refractivity contribution is 7.10. The summed E-state index contributed by atoms with van der Waals surface area (Å²) in [5.74, 6) is 2.23. The summed E-state index contributed by atoms with van der Waals surface area (Å²) in [6.45, 7) is 19.9. The van der Waals surface area contributed by atoms with Gasteiger partial charge in [-0.3, -0.25) is 14.5 Å². The molecule has 0 aromatic carbocycles. The van der Waals surface area contributed by atoms with Crippen molar-refractivity contribution in [2.75, 3.05) is 76.4 Å². The standard InChI is InChI=1S/C63H83N11O4S2/c1-8-12-52-40(4)71(26-28-73(52)56(75)9-2)58-48-16-22-63(34-51(48)66-60(67-58)77-37-44-13-11-25-69(44)6)20-14-46-49(39-80-55(46)35-63)43-31-45(70(7)36-43)38-78-61-65-50-33-62(23-17-54-42(32-62)19-30-79-54)21-15-47(50)59(68-61)72-27-29-74(57(76)10-3)53(18-24-64)41(72)5/h9-10,19,30,39-41,43-45,52-53H,2-3,8,11-18,20-23,25-29,31-38H2,1,4-7H3. The highest BCUT2D eigenvalue weighted by Gasteiger charge is 2.46. The van der Waals surface area contributed by atoms with E-state index in [0.29, 0.717) is 56.8 Å². The molecule has 0 radical (unpaired) electrons. The van der Waals surface area contributed by atoms with E-state index in [-0.39, 0.29) is 59.3 Å².